The molecular weight excluding hydrogens is 184 g/mol. The van der Waals surface area contributed by atoms with E-state index in [1.807, 2.05) is 0 Å². The molecule has 0 aromatic carbocycles. The van der Waals surface area contributed by atoms with Crippen LogP contribution in [0.4, 0.5) is 8.78 Å². The monoisotopic (exact) mass is 199 g/mol. The Morgan fingerprint density at radius 1 is 1.38 bits per heavy atom. The smallest absolute Gasteiger partial charge is 0.282 e. The maximum atomic E-state index is 12.4. The van der Waals surface area contributed by atoms with Crippen molar-refractivity contribution in [2.45, 2.75) is 12.2 Å². The molecule has 0 radical (unpaired) electrons. The molecule has 0 aromatic rings. The Hall–Kier alpha value is -0.300. The van der Waals surface area contributed by atoms with E-state index >= 15 is 0 Å². The lowest BCUT2D eigenvalue weighted by Crippen LogP contribution is -2.40. The summed E-state index contributed by atoms with van der Waals surface area (Å²) in [5, 5.41) is 10.6. The number of halogens is 2. The molecule has 0 bridgehead atoms. The van der Waals surface area contributed by atoms with Crippen molar-refractivity contribution in [2.75, 3.05) is 33.9 Å². The summed E-state index contributed by atoms with van der Waals surface area (Å²) in [5.74, 6) is -3.09. The Morgan fingerprint density at radius 3 is 2.31 bits per heavy atom. The average molecular weight is 199 g/mol. The van der Waals surface area contributed by atoms with E-state index in [1.165, 1.54) is 14.2 Å². The molecule has 0 unspecified atom stereocenters. The third kappa shape index (κ3) is 5.87. The first kappa shape index (κ1) is 12.7. The van der Waals surface area contributed by atoms with E-state index in [-0.39, 0.29) is 6.54 Å². The molecule has 0 saturated heterocycles. The van der Waals surface area contributed by atoms with Gasteiger partial charge in [0.05, 0.1) is 6.54 Å². The van der Waals surface area contributed by atoms with Crippen LogP contribution in [0, 0.1) is 0 Å². The fourth-order valence-electron chi connectivity index (χ4n) is 0.692. The Balaban J connectivity index is 3.54. The summed E-state index contributed by atoms with van der Waals surface area (Å²) in [6.45, 7) is -1.60. The number of nitrogens with one attached hydrogen (secondary N) is 1. The van der Waals surface area contributed by atoms with E-state index in [9.17, 15) is 8.78 Å². The molecule has 4 nitrogen and oxygen atoms in total. The lowest BCUT2D eigenvalue weighted by atomic mass is 10.3. The average Bonchev–Trinajstić information content (AvgIpc) is 2.12. The van der Waals surface area contributed by atoms with Gasteiger partial charge < -0.3 is 19.9 Å². The Kier molecular flexibility index (Phi) is 6.06. The zero-order chi connectivity index (χ0) is 10.3. The molecule has 0 aliphatic rings. The minimum atomic E-state index is -3.09. The number of aliphatic hydroxyl groups is 1. The van der Waals surface area contributed by atoms with Crippen molar-refractivity contribution < 1.29 is 23.4 Å². The molecule has 0 saturated carbocycles. The molecule has 80 valence electrons. The SMILES string of the molecule is COC(CNCC(F)(F)CO)OC. The molecule has 0 spiro atoms. The summed E-state index contributed by atoms with van der Waals surface area (Å²) in [6, 6.07) is 0. The highest BCUT2D eigenvalue weighted by Crippen LogP contribution is 2.09. The van der Waals surface area contributed by atoms with Gasteiger partial charge in [0.2, 0.25) is 0 Å². The van der Waals surface area contributed by atoms with Crippen LogP contribution in [0.15, 0.2) is 0 Å². The van der Waals surface area contributed by atoms with Crippen molar-refractivity contribution in [1.29, 1.82) is 0 Å². The number of alkyl halides is 2. The summed E-state index contributed by atoms with van der Waals surface area (Å²) in [7, 11) is 2.83. The van der Waals surface area contributed by atoms with E-state index in [4.69, 9.17) is 14.6 Å². The quantitative estimate of drug-likeness (QED) is 0.559. The Bertz CT molecular complexity index is 131. The molecule has 0 aromatic heterocycles. The van der Waals surface area contributed by atoms with Gasteiger partial charge in [-0.15, -0.1) is 0 Å². The first-order valence-electron chi connectivity index (χ1n) is 3.80. The lowest BCUT2D eigenvalue weighted by Gasteiger charge is -2.17. The van der Waals surface area contributed by atoms with Crippen LogP contribution in [0.1, 0.15) is 0 Å². The fraction of sp³-hybridized carbons (Fsp3) is 1.00. The normalized spacial score (nSPS) is 12.5. The van der Waals surface area contributed by atoms with Crippen LogP contribution >= 0.6 is 0 Å². The van der Waals surface area contributed by atoms with Gasteiger partial charge in [-0.25, -0.2) is 8.78 Å². The van der Waals surface area contributed by atoms with Gasteiger partial charge >= 0.3 is 0 Å². The van der Waals surface area contributed by atoms with Gasteiger partial charge in [0.1, 0.15) is 6.61 Å². The van der Waals surface area contributed by atoms with Crippen LogP contribution in [0.25, 0.3) is 0 Å². The maximum absolute atomic E-state index is 12.4. The van der Waals surface area contributed by atoms with Gasteiger partial charge in [0, 0.05) is 20.8 Å². The number of methoxy groups -OCH3 is 2. The van der Waals surface area contributed by atoms with Gasteiger partial charge in [0.15, 0.2) is 6.29 Å². The van der Waals surface area contributed by atoms with Crippen LogP contribution in [-0.2, 0) is 9.47 Å². The Morgan fingerprint density at radius 2 is 1.92 bits per heavy atom. The number of hydrogen-bond donors (Lipinski definition) is 2. The molecule has 0 atom stereocenters. The summed E-state index contributed by atoms with van der Waals surface area (Å²) >= 11 is 0. The number of ether oxygens (including phenoxy) is 2. The number of rotatable bonds is 7. The van der Waals surface area contributed by atoms with Crippen molar-refractivity contribution in [2.24, 2.45) is 0 Å². The second-order valence-corrected chi connectivity index (χ2v) is 2.55. The second-order valence-electron chi connectivity index (χ2n) is 2.55. The van der Waals surface area contributed by atoms with E-state index in [0.29, 0.717) is 0 Å². The first-order chi connectivity index (χ1) is 6.05. The summed E-state index contributed by atoms with van der Waals surface area (Å²) in [5.41, 5.74) is 0. The van der Waals surface area contributed by atoms with E-state index in [2.05, 4.69) is 5.32 Å². The predicted octanol–water partition coefficient (Wildman–Crippen LogP) is -0.177. The van der Waals surface area contributed by atoms with Gasteiger partial charge in [-0.3, -0.25) is 0 Å². The van der Waals surface area contributed by atoms with Crippen molar-refractivity contribution in [1.82, 2.24) is 5.32 Å². The van der Waals surface area contributed by atoms with Gasteiger partial charge in [0.25, 0.3) is 5.92 Å². The molecule has 0 aliphatic heterocycles. The second kappa shape index (κ2) is 6.20. The molecule has 0 aliphatic carbocycles. The summed E-state index contributed by atoms with van der Waals surface area (Å²) in [4.78, 5) is 0. The van der Waals surface area contributed by atoms with Crippen LogP contribution in [0.3, 0.4) is 0 Å². The zero-order valence-electron chi connectivity index (χ0n) is 7.72. The maximum Gasteiger partial charge on any atom is 0.282 e. The topological polar surface area (TPSA) is 50.7 Å². The van der Waals surface area contributed by atoms with Crippen LogP contribution < -0.4 is 5.32 Å². The standard InChI is InChI=1S/C7H15F2NO3/c1-12-6(13-2)3-10-4-7(8,9)5-11/h6,10-11H,3-5H2,1-2H3. The largest absolute Gasteiger partial charge is 0.390 e. The van der Waals surface area contributed by atoms with Gasteiger partial charge in [-0.1, -0.05) is 0 Å². The van der Waals surface area contributed by atoms with Crippen LogP contribution in [0.5, 0.6) is 0 Å². The summed E-state index contributed by atoms with van der Waals surface area (Å²) < 4.78 is 34.3. The molecule has 0 heterocycles. The Labute approximate surface area is 75.8 Å². The summed E-state index contributed by atoms with van der Waals surface area (Å²) in [6.07, 6.45) is -0.547. The molecular formula is C7H15F2NO3. The third-order valence-electron chi connectivity index (χ3n) is 1.45. The molecule has 0 amide bonds. The molecule has 13 heavy (non-hydrogen) atoms. The predicted molar refractivity (Wildman–Crippen MR) is 42.7 cm³/mol. The van der Waals surface area contributed by atoms with Crippen LogP contribution in [0.2, 0.25) is 0 Å². The highest BCUT2D eigenvalue weighted by atomic mass is 19.3. The highest BCUT2D eigenvalue weighted by Gasteiger charge is 2.27. The molecule has 0 rings (SSSR count). The third-order valence-corrected chi connectivity index (χ3v) is 1.45. The molecule has 6 heteroatoms. The van der Waals surface area contributed by atoms with Gasteiger partial charge in [-0.05, 0) is 0 Å². The fourth-order valence-corrected chi connectivity index (χ4v) is 0.692. The number of hydrogen-bond acceptors (Lipinski definition) is 4. The van der Waals surface area contributed by atoms with Crippen LogP contribution in [-0.4, -0.2) is 51.2 Å². The zero-order valence-corrected chi connectivity index (χ0v) is 7.72. The van der Waals surface area contributed by atoms with Crippen molar-refractivity contribution in [3.05, 3.63) is 0 Å². The molecule has 0 fully saturated rings. The number of aliphatic hydroxyl groups excluding tert-OH is 1. The van der Waals surface area contributed by atoms with E-state index in [0.717, 1.165) is 0 Å². The lowest BCUT2D eigenvalue weighted by molar-refractivity contribution is -0.104. The van der Waals surface area contributed by atoms with Crippen molar-refractivity contribution in [3.8, 4) is 0 Å². The van der Waals surface area contributed by atoms with E-state index < -0.39 is 25.4 Å². The van der Waals surface area contributed by atoms with Crippen molar-refractivity contribution >= 4 is 0 Å². The minimum absolute atomic E-state index is 0.155. The first-order valence-corrected chi connectivity index (χ1v) is 3.80. The van der Waals surface area contributed by atoms with E-state index in [1.54, 1.807) is 0 Å². The minimum Gasteiger partial charge on any atom is -0.390 e. The highest BCUT2D eigenvalue weighted by molar-refractivity contribution is 4.67. The van der Waals surface area contributed by atoms with Crippen molar-refractivity contribution in [3.63, 3.8) is 0 Å². The molecule has 2 N–H and O–H groups in total. The van der Waals surface area contributed by atoms with Gasteiger partial charge in [-0.2, -0.15) is 0 Å².